The van der Waals surface area contributed by atoms with Crippen LogP contribution in [0.3, 0.4) is 0 Å². The average Bonchev–Trinajstić information content (AvgIpc) is 2.60. The minimum Gasteiger partial charge on any atom is -0.493 e. The zero-order chi connectivity index (χ0) is 18.2. The van der Waals surface area contributed by atoms with Crippen LogP contribution in [0.5, 0.6) is 5.75 Å². The standard InChI is InChI=1S/C20H23NO4/c1-14-10-11-18(15(2)13-14)25-12-6-9-19(22)21-17-8-5-4-7-16(17)20(23)24-3/h4-5,7-8,10-11,13H,6,9,12H2,1-3H3,(H,21,22). The highest BCUT2D eigenvalue weighted by Crippen LogP contribution is 2.19. The molecule has 2 aromatic rings. The number of ether oxygens (including phenoxy) is 2. The normalized spacial score (nSPS) is 10.2. The van der Waals surface area contributed by atoms with Crippen molar-refractivity contribution in [3.8, 4) is 5.75 Å². The first-order valence-electron chi connectivity index (χ1n) is 8.18. The maximum atomic E-state index is 12.1. The van der Waals surface area contributed by atoms with Crippen LogP contribution in [0.4, 0.5) is 5.69 Å². The summed E-state index contributed by atoms with van der Waals surface area (Å²) in [4.78, 5) is 23.8. The molecule has 1 amide bonds. The van der Waals surface area contributed by atoms with E-state index in [0.29, 0.717) is 30.7 Å². The number of anilines is 1. The molecule has 132 valence electrons. The second-order valence-electron chi connectivity index (χ2n) is 5.81. The summed E-state index contributed by atoms with van der Waals surface area (Å²) in [6.07, 6.45) is 0.889. The van der Waals surface area contributed by atoms with E-state index in [9.17, 15) is 9.59 Å². The Balaban J connectivity index is 1.82. The number of amides is 1. The molecule has 0 saturated heterocycles. The van der Waals surface area contributed by atoms with Crippen LogP contribution < -0.4 is 10.1 Å². The van der Waals surface area contributed by atoms with Crippen molar-refractivity contribution < 1.29 is 19.1 Å². The van der Waals surface area contributed by atoms with Crippen LogP contribution >= 0.6 is 0 Å². The first-order valence-corrected chi connectivity index (χ1v) is 8.18. The molecule has 5 nitrogen and oxygen atoms in total. The zero-order valence-corrected chi connectivity index (χ0v) is 14.8. The van der Waals surface area contributed by atoms with E-state index in [2.05, 4.69) is 11.4 Å². The van der Waals surface area contributed by atoms with Crippen LogP contribution in [-0.2, 0) is 9.53 Å². The van der Waals surface area contributed by atoms with Crippen molar-refractivity contribution in [2.24, 2.45) is 0 Å². The Kier molecular flexibility index (Phi) is 6.57. The van der Waals surface area contributed by atoms with Gasteiger partial charge < -0.3 is 14.8 Å². The molecule has 0 spiro atoms. The van der Waals surface area contributed by atoms with Gasteiger partial charge in [-0.05, 0) is 44.0 Å². The van der Waals surface area contributed by atoms with E-state index in [4.69, 9.17) is 9.47 Å². The van der Waals surface area contributed by atoms with Gasteiger partial charge in [-0.25, -0.2) is 4.79 Å². The Morgan fingerprint density at radius 2 is 1.84 bits per heavy atom. The van der Waals surface area contributed by atoms with E-state index < -0.39 is 5.97 Å². The molecule has 0 aromatic heterocycles. The second-order valence-corrected chi connectivity index (χ2v) is 5.81. The third kappa shape index (κ3) is 5.35. The molecule has 5 heteroatoms. The molecule has 0 atom stereocenters. The lowest BCUT2D eigenvalue weighted by Crippen LogP contribution is -2.16. The molecule has 0 aliphatic carbocycles. The summed E-state index contributed by atoms with van der Waals surface area (Å²) < 4.78 is 10.4. The number of hydrogen-bond donors (Lipinski definition) is 1. The monoisotopic (exact) mass is 341 g/mol. The maximum absolute atomic E-state index is 12.1. The van der Waals surface area contributed by atoms with Gasteiger partial charge in [-0.2, -0.15) is 0 Å². The largest absolute Gasteiger partial charge is 0.493 e. The highest BCUT2D eigenvalue weighted by atomic mass is 16.5. The molecule has 0 radical (unpaired) electrons. The molecule has 0 aliphatic rings. The first-order chi connectivity index (χ1) is 12.0. The summed E-state index contributed by atoms with van der Waals surface area (Å²) in [6, 6.07) is 12.8. The van der Waals surface area contributed by atoms with Crippen molar-refractivity contribution in [2.75, 3.05) is 19.0 Å². The number of nitrogens with one attached hydrogen (secondary N) is 1. The quantitative estimate of drug-likeness (QED) is 0.613. The third-order valence-corrected chi connectivity index (χ3v) is 3.74. The highest BCUT2D eigenvalue weighted by molar-refractivity contribution is 6.01. The lowest BCUT2D eigenvalue weighted by Gasteiger charge is -2.11. The number of carbonyl (C=O) groups excluding carboxylic acids is 2. The number of carbonyl (C=O) groups is 2. The van der Waals surface area contributed by atoms with Gasteiger partial charge in [0.2, 0.25) is 5.91 Å². The summed E-state index contributed by atoms with van der Waals surface area (Å²) in [7, 11) is 1.31. The number of aryl methyl sites for hydroxylation is 2. The molecule has 0 aliphatic heterocycles. The van der Waals surface area contributed by atoms with Gasteiger partial charge in [0.1, 0.15) is 5.75 Å². The van der Waals surface area contributed by atoms with Gasteiger partial charge in [0.15, 0.2) is 0 Å². The summed E-state index contributed by atoms with van der Waals surface area (Å²) in [6.45, 7) is 4.49. The van der Waals surface area contributed by atoms with Crippen LogP contribution in [0.1, 0.15) is 34.3 Å². The van der Waals surface area contributed by atoms with Crippen molar-refractivity contribution >= 4 is 17.6 Å². The molecule has 1 N–H and O–H groups in total. The van der Waals surface area contributed by atoms with Crippen molar-refractivity contribution in [1.29, 1.82) is 0 Å². The lowest BCUT2D eigenvalue weighted by molar-refractivity contribution is -0.116. The summed E-state index contributed by atoms with van der Waals surface area (Å²) in [5.74, 6) is 0.191. The molecule has 0 heterocycles. The Bertz CT molecular complexity index is 755. The first kappa shape index (κ1) is 18.5. The van der Waals surface area contributed by atoms with E-state index >= 15 is 0 Å². The molecular weight excluding hydrogens is 318 g/mol. The number of benzene rings is 2. The summed E-state index contributed by atoms with van der Waals surface area (Å²) >= 11 is 0. The number of hydrogen-bond acceptors (Lipinski definition) is 4. The fourth-order valence-corrected chi connectivity index (χ4v) is 2.47. The van der Waals surface area contributed by atoms with Gasteiger partial charge in [-0.3, -0.25) is 4.79 Å². The fourth-order valence-electron chi connectivity index (χ4n) is 2.47. The number of rotatable bonds is 7. The minimum absolute atomic E-state index is 0.166. The summed E-state index contributed by atoms with van der Waals surface area (Å²) in [5, 5.41) is 2.75. The van der Waals surface area contributed by atoms with Crippen molar-refractivity contribution in [3.63, 3.8) is 0 Å². The van der Waals surface area contributed by atoms with E-state index in [1.807, 2.05) is 26.0 Å². The van der Waals surface area contributed by atoms with Crippen molar-refractivity contribution in [2.45, 2.75) is 26.7 Å². The van der Waals surface area contributed by atoms with Crippen LogP contribution in [0.25, 0.3) is 0 Å². The Labute approximate surface area is 148 Å². The number of para-hydroxylation sites is 1. The predicted octanol–water partition coefficient (Wildman–Crippen LogP) is 3.89. The average molecular weight is 341 g/mol. The molecule has 2 rings (SSSR count). The fraction of sp³-hybridized carbons (Fsp3) is 0.300. The number of esters is 1. The molecule has 2 aromatic carbocycles. The Morgan fingerprint density at radius 3 is 2.56 bits per heavy atom. The van der Waals surface area contributed by atoms with E-state index in [0.717, 1.165) is 11.3 Å². The smallest absolute Gasteiger partial charge is 0.339 e. The molecule has 0 bridgehead atoms. The second kappa shape index (κ2) is 8.87. The zero-order valence-electron chi connectivity index (χ0n) is 14.8. The summed E-state index contributed by atoms with van der Waals surface area (Å²) in [5.41, 5.74) is 3.06. The SMILES string of the molecule is COC(=O)c1ccccc1NC(=O)CCCOc1ccc(C)cc1C. The molecule has 25 heavy (non-hydrogen) atoms. The Morgan fingerprint density at radius 1 is 1.08 bits per heavy atom. The van der Waals surface area contributed by atoms with Crippen molar-refractivity contribution in [3.05, 3.63) is 59.2 Å². The van der Waals surface area contributed by atoms with Crippen molar-refractivity contribution in [1.82, 2.24) is 0 Å². The van der Waals surface area contributed by atoms with Gasteiger partial charge in [0.05, 0.1) is 25.0 Å². The minimum atomic E-state index is -0.478. The highest BCUT2D eigenvalue weighted by Gasteiger charge is 2.13. The molecule has 0 saturated carbocycles. The van der Waals surface area contributed by atoms with E-state index in [-0.39, 0.29) is 5.91 Å². The predicted molar refractivity (Wildman–Crippen MR) is 97.1 cm³/mol. The van der Waals surface area contributed by atoms with Gasteiger partial charge in [0, 0.05) is 6.42 Å². The molecule has 0 unspecified atom stereocenters. The van der Waals surface area contributed by atoms with E-state index in [1.165, 1.54) is 12.7 Å². The third-order valence-electron chi connectivity index (χ3n) is 3.74. The molecule has 0 fully saturated rings. The molecular formula is C20H23NO4. The van der Waals surface area contributed by atoms with Crippen LogP contribution in [-0.4, -0.2) is 25.6 Å². The maximum Gasteiger partial charge on any atom is 0.339 e. The van der Waals surface area contributed by atoms with Gasteiger partial charge >= 0.3 is 5.97 Å². The van der Waals surface area contributed by atoms with E-state index in [1.54, 1.807) is 24.3 Å². The van der Waals surface area contributed by atoms with Gasteiger partial charge in [-0.1, -0.05) is 29.8 Å². The van der Waals surface area contributed by atoms with Gasteiger partial charge in [-0.15, -0.1) is 0 Å². The lowest BCUT2D eigenvalue weighted by atomic mass is 10.1. The Hall–Kier alpha value is -2.82. The van der Waals surface area contributed by atoms with Crippen LogP contribution in [0, 0.1) is 13.8 Å². The topological polar surface area (TPSA) is 64.6 Å². The van der Waals surface area contributed by atoms with Crippen LogP contribution in [0.2, 0.25) is 0 Å². The number of methoxy groups -OCH3 is 1. The van der Waals surface area contributed by atoms with Gasteiger partial charge in [0.25, 0.3) is 0 Å². The van der Waals surface area contributed by atoms with Crippen LogP contribution in [0.15, 0.2) is 42.5 Å².